The van der Waals surface area contributed by atoms with Gasteiger partial charge in [0.2, 0.25) is 0 Å². The van der Waals surface area contributed by atoms with Crippen molar-refractivity contribution in [3.05, 3.63) is 84.7 Å². The van der Waals surface area contributed by atoms with E-state index in [1.165, 1.54) is 5.56 Å². The first-order valence-electron chi connectivity index (χ1n) is 7.38. The lowest BCUT2D eigenvalue weighted by Crippen LogP contribution is -1.92. The Balaban J connectivity index is 1.87. The highest BCUT2D eigenvalue weighted by Gasteiger charge is 2.07. The van der Waals surface area contributed by atoms with Crippen molar-refractivity contribution >= 4 is 11.0 Å². The molecule has 1 heterocycles. The van der Waals surface area contributed by atoms with Crippen LogP contribution in [0.15, 0.2) is 79.1 Å². The lowest BCUT2D eigenvalue weighted by molar-refractivity contribution is 1.09. The van der Waals surface area contributed by atoms with Crippen LogP contribution in [0, 0.1) is 11.3 Å². The van der Waals surface area contributed by atoms with E-state index in [4.69, 9.17) is 5.26 Å². The average Bonchev–Trinajstić information content (AvgIpc) is 3.05. The Kier molecular flexibility index (Phi) is 3.14. The van der Waals surface area contributed by atoms with Gasteiger partial charge in [0, 0.05) is 5.69 Å². The van der Waals surface area contributed by atoms with E-state index in [1.807, 2.05) is 47.0 Å². The minimum atomic E-state index is 0.637. The van der Waals surface area contributed by atoms with Gasteiger partial charge in [-0.15, -0.1) is 0 Å². The maximum Gasteiger partial charge on any atom is 0.100 e. The lowest BCUT2D eigenvalue weighted by atomic mass is 10.1. The van der Waals surface area contributed by atoms with Gasteiger partial charge in [0.1, 0.15) is 6.33 Å². The highest BCUT2D eigenvalue weighted by Crippen LogP contribution is 2.24. The van der Waals surface area contributed by atoms with Crippen LogP contribution in [0.3, 0.4) is 0 Å². The summed E-state index contributed by atoms with van der Waals surface area (Å²) in [7, 11) is 0. The summed E-state index contributed by atoms with van der Waals surface area (Å²) in [6.07, 6.45) is 1.80. The second-order valence-electron chi connectivity index (χ2n) is 5.35. The van der Waals surface area contributed by atoms with Gasteiger partial charge in [-0.05, 0) is 41.5 Å². The van der Waals surface area contributed by atoms with Gasteiger partial charge in [-0.25, -0.2) is 4.98 Å². The Labute approximate surface area is 134 Å². The van der Waals surface area contributed by atoms with Crippen molar-refractivity contribution in [2.75, 3.05) is 0 Å². The molecule has 0 unspecified atom stereocenters. The highest BCUT2D eigenvalue weighted by atomic mass is 15.0. The van der Waals surface area contributed by atoms with Crippen LogP contribution in [0.4, 0.5) is 0 Å². The van der Waals surface area contributed by atoms with E-state index in [1.54, 1.807) is 12.4 Å². The molecule has 0 saturated carbocycles. The molecule has 3 aromatic carbocycles. The molecule has 0 aliphatic rings. The predicted molar refractivity (Wildman–Crippen MR) is 91.2 cm³/mol. The zero-order valence-corrected chi connectivity index (χ0v) is 12.3. The van der Waals surface area contributed by atoms with Crippen molar-refractivity contribution in [3.63, 3.8) is 0 Å². The Morgan fingerprint density at radius 3 is 2.48 bits per heavy atom. The summed E-state index contributed by atoms with van der Waals surface area (Å²) in [5, 5.41) is 9.11. The van der Waals surface area contributed by atoms with E-state index in [9.17, 15) is 0 Å². The van der Waals surface area contributed by atoms with E-state index >= 15 is 0 Å². The van der Waals surface area contributed by atoms with Crippen LogP contribution in [-0.4, -0.2) is 9.55 Å². The summed E-state index contributed by atoms with van der Waals surface area (Å²) in [5.74, 6) is 0. The van der Waals surface area contributed by atoms with Crippen molar-refractivity contribution in [1.29, 1.82) is 5.26 Å². The molecule has 23 heavy (non-hydrogen) atoms. The zero-order valence-electron chi connectivity index (χ0n) is 12.3. The summed E-state index contributed by atoms with van der Waals surface area (Å²) in [6, 6.07) is 26.3. The zero-order chi connectivity index (χ0) is 15.6. The SMILES string of the molecule is N#Cc1ccc2ncn(-c3cccc(-c4ccccc4)c3)c2c1. The number of fused-ring (bicyclic) bond motifs is 1. The monoisotopic (exact) mass is 295 g/mol. The Bertz CT molecular complexity index is 1020. The van der Waals surface area contributed by atoms with Crippen molar-refractivity contribution < 1.29 is 0 Å². The Morgan fingerprint density at radius 2 is 1.65 bits per heavy atom. The van der Waals surface area contributed by atoms with Crippen molar-refractivity contribution in [2.24, 2.45) is 0 Å². The molecule has 4 aromatic rings. The average molecular weight is 295 g/mol. The van der Waals surface area contributed by atoms with Gasteiger partial charge in [0.05, 0.1) is 22.7 Å². The first kappa shape index (κ1) is 13.3. The molecule has 3 heteroatoms. The number of rotatable bonds is 2. The number of nitriles is 1. The van der Waals surface area contributed by atoms with Crippen molar-refractivity contribution in [1.82, 2.24) is 9.55 Å². The third kappa shape index (κ3) is 2.37. The van der Waals surface area contributed by atoms with Gasteiger partial charge < -0.3 is 0 Å². The second kappa shape index (κ2) is 5.43. The van der Waals surface area contributed by atoms with Crippen LogP contribution in [0.2, 0.25) is 0 Å². The molecule has 0 radical (unpaired) electrons. The van der Waals surface area contributed by atoms with Gasteiger partial charge in [-0.3, -0.25) is 4.57 Å². The molecule has 0 aliphatic carbocycles. The topological polar surface area (TPSA) is 41.6 Å². The van der Waals surface area contributed by atoms with E-state index < -0.39 is 0 Å². The fourth-order valence-corrected chi connectivity index (χ4v) is 2.75. The van der Waals surface area contributed by atoms with Gasteiger partial charge >= 0.3 is 0 Å². The standard InChI is InChI=1S/C20H13N3/c21-13-15-9-10-19-20(11-15)23(14-22-19)18-8-4-7-17(12-18)16-5-2-1-3-6-16/h1-12,14H. The normalized spacial score (nSPS) is 10.6. The maximum absolute atomic E-state index is 9.11. The smallest absolute Gasteiger partial charge is 0.100 e. The second-order valence-corrected chi connectivity index (χ2v) is 5.35. The fourth-order valence-electron chi connectivity index (χ4n) is 2.75. The fraction of sp³-hybridized carbons (Fsp3) is 0. The number of imidazole rings is 1. The van der Waals surface area contributed by atoms with Gasteiger partial charge in [0.15, 0.2) is 0 Å². The number of aromatic nitrogens is 2. The predicted octanol–water partition coefficient (Wildman–Crippen LogP) is 4.56. The van der Waals surface area contributed by atoms with E-state index in [0.29, 0.717) is 5.56 Å². The molecule has 4 rings (SSSR count). The van der Waals surface area contributed by atoms with Crippen LogP contribution >= 0.6 is 0 Å². The molecular formula is C20H13N3. The van der Waals surface area contributed by atoms with Crippen LogP contribution < -0.4 is 0 Å². The Morgan fingerprint density at radius 1 is 0.826 bits per heavy atom. The molecule has 108 valence electrons. The molecule has 0 aliphatic heterocycles. The number of hydrogen-bond donors (Lipinski definition) is 0. The van der Waals surface area contributed by atoms with Crippen LogP contribution in [-0.2, 0) is 0 Å². The lowest BCUT2D eigenvalue weighted by Gasteiger charge is -2.08. The van der Waals surface area contributed by atoms with Crippen molar-refractivity contribution in [3.8, 4) is 22.9 Å². The molecule has 1 aromatic heterocycles. The molecule has 0 amide bonds. The summed E-state index contributed by atoms with van der Waals surface area (Å²) < 4.78 is 2.02. The molecular weight excluding hydrogens is 282 g/mol. The van der Waals surface area contributed by atoms with Crippen LogP contribution in [0.25, 0.3) is 27.8 Å². The first-order valence-corrected chi connectivity index (χ1v) is 7.38. The first-order chi connectivity index (χ1) is 11.3. The molecule has 0 bridgehead atoms. The summed E-state index contributed by atoms with van der Waals surface area (Å²) in [6.45, 7) is 0. The van der Waals surface area contributed by atoms with Gasteiger partial charge in [-0.1, -0.05) is 42.5 Å². The number of nitrogens with zero attached hydrogens (tertiary/aromatic N) is 3. The molecule has 0 atom stereocenters. The van der Waals surface area contributed by atoms with E-state index in [-0.39, 0.29) is 0 Å². The molecule has 0 N–H and O–H groups in total. The van der Waals surface area contributed by atoms with Crippen LogP contribution in [0.5, 0.6) is 0 Å². The van der Waals surface area contributed by atoms with Gasteiger partial charge in [0.25, 0.3) is 0 Å². The van der Waals surface area contributed by atoms with Crippen molar-refractivity contribution in [2.45, 2.75) is 0 Å². The maximum atomic E-state index is 9.11. The largest absolute Gasteiger partial charge is 0.299 e. The third-order valence-electron chi connectivity index (χ3n) is 3.91. The minimum absolute atomic E-state index is 0.637. The molecule has 0 fully saturated rings. The van der Waals surface area contributed by atoms with E-state index in [2.05, 4.69) is 35.3 Å². The minimum Gasteiger partial charge on any atom is -0.299 e. The third-order valence-corrected chi connectivity index (χ3v) is 3.91. The molecule has 0 spiro atoms. The molecule has 3 nitrogen and oxygen atoms in total. The highest BCUT2D eigenvalue weighted by molar-refractivity contribution is 5.79. The summed E-state index contributed by atoms with van der Waals surface area (Å²) in [4.78, 5) is 4.43. The van der Waals surface area contributed by atoms with Gasteiger partial charge in [-0.2, -0.15) is 5.26 Å². The number of hydrogen-bond acceptors (Lipinski definition) is 2. The summed E-state index contributed by atoms with van der Waals surface area (Å²) >= 11 is 0. The summed E-state index contributed by atoms with van der Waals surface area (Å²) in [5.41, 5.74) is 5.82. The Hall–Kier alpha value is -3.38. The number of benzene rings is 3. The molecule has 0 saturated heterocycles. The van der Waals surface area contributed by atoms with E-state index in [0.717, 1.165) is 22.3 Å². The quantitative estimate of drug-likeness (QED) is 0.544. The van der Waals surface area contributed by atoms with Crippen LogP contribution in [0.1, 0.15) is 5.56 Å².